The van der Waals surface area contributed by atoms with Crippen molar-refractivity contribution in [1.82, 2.24) is 15.3 Å². The summed E-state index contributed by atoms with van der Waals surface area (Å²) in [5.41, 5.74) is 1.58. The number of aromatic amines is 1. The van der Waals surface area contributed by atoms with Crippen LogP contribution in [0.2, 0.25) is 0 Å². The minimum Gasteiger partial charge on any atom is -0.462 e. The van der Waals surface area contributed by atoms with Gasteiger partial charge in [-0.25, -0.2) is 9.78 Å². The molecule has 0 amide bonds. The molecular weight excluding hydrogens is 374 g/mol. The lowest BCUT2D eigenvalue weighted by molar-refractivity contribution is 0.0531. The molecule has 3 rings (SSSR count). The van der Waals surface area contributed by atoms with Crippen LogP contribution in [0.15, 0.2) is 35.1 Å². The van der Waals surface area contributed by atoms with E-state index in [1.54, 1.807) is 13.8 Å². The predicted molar refractivity (Wildman–Crippen MR) is 112 cm³/mol. The molecule has 1 atom stereocenters. The van der Waals surface area contributed by atoms with E-state index in [0.717, 1.165) is 0 Å². The van der Waals surface area contributed by atoms with Crippen LogP contribution in [0, 0.1) is 12.8 Å². The first-order chi connectivity index (χ1) is 13.4. The molecule has 2 aromatic heterocycles. The van der Waals surface area contributed by atoms with E-state index in [1.165, 1.54) is 16.9 Å². The maximum atomic E-state index is 12.6. The molecule has 0 saturated heterocycles. The summed E-state index contributed by atoms with van der Waals surface area (Å²) in [5.74, 6) is 0.513. The Labute approximate surface area is 168 Å². The number of rotatable bonds is 7. The number of esters is 1. The quantitative estimate of drug-likeness (QED) is 0.588. The van der Waals surface area contributed by atoms with E-state index in [-0.39, 0.29) is 11.6 Å². The van der Waals surface area contributed by atoms with Gasteiger partial charge in [-0.3, -0.25) is 4.79 Å². The highest BCUT2D eigenvalue weighted by atomic mass is 32.1. The van der Waals surface area contributed by atoms with Crippen molar-refractivity contribution in [2.45, 2.75) is 40.3 Å². The van der Waals surface area contributed by atoms with Crippen LogP contribution in [0.5, 0.6) is 0 Å². The first-order valence-electron chi connectivity index (χ1n) is 9.40. The number of ether oxygens (including phenoxy) is 1. The number of carbonyl (C=O) groups is 1. The number of fused-ring (bicyclic) bond motifs is 1. The van der Waals surface area contributed by atoms with Crippen LogP contribution in [0.4, 0.5) is 0 Å². The summed E-state index contributed by atoms with van der Waals surface area (Å²) >= 11 is 1.20. The van der Waals surface area contributed by atoms with Gasteiger partial charge in [-0.2, -0.15) is 0 Å². The van der Waals surface area contributed by atoms with Crippen LogP contribution in [0.25, 0.3) is 10.2 Å². The maximum Gasteiger partial charge on any atom is 0.348 e. The van der Waals surface area contributed by atoms with Crippen molar-refractivity contribution in [1.29, 1.82) is 0 Å². The largest absolute Gasteiger partial charge is 0.462 e. The van der Waals surface area contributed by atoms with E-state index in [0.29, 0.717) is 45.6 Å². The summed E-state index contributed by atoms with van der Waals surface area (Å²) in [5, 5.41) is 3.95. The molecule has 0 radical (unpaired) electrons. The van der Waals surface area contributed by atoms with Crippen LogP contribution in [-0.2, 0) is 11.3 Å². The zero-order valence-corrected chi connectivity index (χ0v) is 17.4. The summed E-state index contributed by atoms with van der Waals surface area (Å²) in [4.78, 5) is 33.1. The Morgan fingerprint density at radius 1 is 1.29 bits per heavy atom. The van der Waals surface area contributed by atoms with Crippen LogP contribution in [0.3, 0.4) is 0 Å². The number of thiophene rings is 1. The van der Waals surface area contributed by atoms with Crippen molar-refractivity contribution in [3.8, 4) is 0 Å². The monoisotopic (exact) mass is 399 g/mol. The second-order valence-electron chi connectivity index (χ2n) is 6.98. The number of aromatic nitrogens is 2. The average molecular weight is 400 g/mol. The van der Waals surface area contributed by atoms with Gasteiger partial charge in [0.15, 0.2) is 0 Å². The molecule has 2 heterocycles. The molecule has 0 fully saturated rings. The molecule has 6 nitrogen and oxygen atoms in total. The first kappa shape index (κ1) is 20.2. The van der Waals surface area contributed by atoms with Crippen LogP contribution in [-0.4, -0.2) is 22.5 Å². The lowest BCUT2D eigenvalue weighted by Crippen LogP contribution is -2.27. The van der Waals surface area contributed by atoms with Gasteiger partial charge in [-0.15, -0.1) is 11.3 Å². The van der Waals surface area contributed by atoms with Crippen molar-refractivity contribution in [2.24, 2.45) is 5.92 Å². The van der Waals surface area contributed by atoms with Gasteiger partial charge in [-0.05, 0) is 30.9 Å². The summed E-state index contributed by atoms with van der Waals surface area (Å²) in [6, 6.07) is 10.3. The van der Waals surface area contributed by atoms with Crippen molar-refractivity contribution >= 4 is 27.5 Å². The van der Waals surface area contributed by atoms with Crippen LogP contribution < -0.4 is 10.9 Å². The van der Waals surface area contributed by atoms with E-state index in [9.17, 15) is 9.59 Å². The summed E-state index contributed by atoms with van der Waals surface area (Å²) < 4.78 is 5.08. The lowest BCUT2D eigenvalue weighted by Gasteiger charge is -2.22. The molecule has 1 aromatic carbocycles. The topological polar surface area (TPSA) is 84.1 Å². The number of nitrogens with zero attached hydrogens (tertiary/aromatic N) is 1. The van der Waals surface area contributed by atoms with Crippen molar-refractivity contribution in [3.63, 3.8) is 0 Å². The van der Waals surface area contributed by atoms with Gasteiger partial charge in [-0.1, -0.05) is 44.2 Å². The molecule has 1 unspecified atom stereocenters. The molecule has 28 heavy (non-hydrogen) atoms. The summed E-state index contributed by atoms with van der Waals surface area (Å²) in [6.07, 6.45) is 0. The third-order valence-electron chi connectivity index (χ3n) is 4.63. The van der Waals surface area contributed by atoms with Crippen molar-refractivity contribution in [2.75, 3.05) is 6.61 Å². The second-order valence-corrected chi connectivity index (χ2v) is 7.98. The van der Waals surface area contributed by atoms with E-state index < -0.39 is 5.97 Å². The fourth-order valence-electron chi connectivity index (χ4n) is 3.27. The Morgan fingerprint density at radius 2 is 2.00 bits per heavy atom. The van der Waals surface area contributed by atoms with Gasteiger partial charge in [0.25, 0.3) is 5.56 Å². The zero-order chi connectivity index (χ0) is 20.3. The van der Waals surface area contributed by atoms with Gasteiger partial charge in [0.2, 0.25) is 0 Å². The van der Waals surface area contributed by atoms with Crippen molar-refractivity contribution < 1.29 is 9.53 Å². The van der Waals surface area contributed by atoms with Crippen LogP contribution in [0.1, 0.15) is 53.4 Å². The molecule has 0 bridgehead atoms. The number of nitrogens with one attached hydrogen (secondary N) is 2. The van der Waals surface area contributed by atoms with Crippen molar-refractivity contribution in [3.05, 3.63) is 62.5 Å². The van der Waals surface area contributed by atoms with E-state index >= 15 is 0 Å². The number of carbonyl (C=O) groups excluding carboxylic acids is 1. The fraction of sp³-hybridized carbons (Fsp3) is 0.381. The number of H-pyrrole nitrogens is 1. The highest BCUT2D eigenvalue weighted by molar-refractivity contribution is 7.20. The summed E-state index contributed by atoms with van der Waals surface area (Å²) in [7, 11) is 0. The standard InChI is InChI=1S/C21H25N3O3S/c1-5-27-21(26)18-13(4)16-19(25)23-15(24-20(16)28-18)11-22-17(12(2)3)14-9-7-6-8-10-14/h6-10,12,17,22H,5,11H2,1-4H3,(H,23,24,25). The Bertz CT molecular complexity index is 1020. The molecule has 148 valence electrons. The smallest absolute Gasteiger partial charge is 0.348 e. The normalized spacial score (nSPS) is 12.5. The van der Waals surface area contributed by atoms with Gasteiger partial charge in [0, 0.05) is 6.04 Å². The summed E-state index contributed by atoms with van der Waals surface area (Å²) in [6.45, 7) is 8.53. The number of hydrogen-bond donors (Lipinski definition) is 2. The van der Waals surface area contributed by atoms with Gasteiger partial charge < -0.3 is 15.0 Å². The highest BCUT2D eigenvalue weighted by Gasteiger charge is 2.21. The number of aryl methyl sites for hydroxylation is 1. The van der Waals surface area contributed by atoms with Gasteiger partial charge in [0.1, 0.15) is 15.5 Å². The van der Waals surface area contributed by atoms with E-state index in [1.807, 2.05) is 18.2 Å². The molecule has 2 N–H and O–H groups in total. The average Bonchev–Trinajstić information content (AvgIpc) is 3.00. The van der Waals surface area contributed by atoms with E-state index in [4.69, 9.17) is 4.74 Å². The molecule has 0 aliphatic rings. The molecule has 0 aliphatic carbocycles. The molecule has 3 aromatic rings. The Balaban J connectivity index is 1.88. The minimum absolute atomic E-state index is 0.141. The number of benzene rings is 1. The molecule has 0 aliphatic heterocycles. The van der Waals surface area contributed by atoms with Gasteiger partial charge >= 0.3 is 5.97 Å². The SMILES string of the molecule is CCOC(=O)c1sc2nc(CNC(c3ccccc3)C(C)C)[nH]c(=O)c2c1C. The third-order valence-corrected chi connectivity index (χ3v) is 5.79. The van der Waals surface area contributed by atoms with E-state index in [2.05, 4.69) is 41.3 Å². The Kier molecular flexibility index (Phi) is 6.26. The maximum absolute atomic E-state index is 12.6. The minimum atomic E-state index is -0.411. The first-order valence-corrected chi connectivity index (χ1v) is 10.2. The fourth-order valence-corrected chi connectivity index (χ4v) is 4.36. The number of hydrogen-bond acceptors (Lipinski definition) is 6. The Hall–Kier alpha value is -2.51. The molecule has 7 heteroatoms. The third kappa shape index (κ3) is 4.15. The highest BCUT2D eigenvalue weighted by Crippen LogP contribution is 2.28. The Morgan fingerprint density at radius 3 is 2.64 bits per heavy atom. The van der Waals surface area contributed by atoms with Crippen LogP contribution >= 0.6 is 11.3 Å². The van der Waals surface area contributed by atoms with Gasteiger partial charge in [0.05, 0.1) is 18.5 Å². The molecule has 0 spiro atoms. The molecular formula is C21H25N3O3S. The predicted octanol–water partition coefficient (Wildman–Crippen LogP) is 3.96. The lowest BCUT2D eigenvalue weighted by atomic mass is 9.96. The molecule has 0 saturated carbocycles. The second kappa shape index (κ2) is 8.67. The zero-order valence-electron chi connectivity index (χ0n) is 16.5.